The van der Waals surface area contributed by atoms with Gasteiger partial charge in [-0.1, -0.05) is 6.92 Å². The highest BCUT2D eigenvalue weighted by Crippen LogP contribution is 2.14. The van der Waals surface area contributed by atoms with Gasteiger partial charge in [0.15, 0.2) is 0 Å². The number of hydrogen-bond donors (Lipinski definition) is 1. The van der Waals surface area contributed by atoms with Crippen LogP contribution in [0.15, 0.2) is 5.10 Å². The summed E-state index contributed by atoms with van der Waals surface area (Å²) in [5.41, 5.74) is 2.21. The molecule has 0 aromatic heterocycles. The molecule has 0 aromatic rings. The lowest BCUT2D eigenvalue weighted by Gasteiger charge is -2.19. The summed E-state index contributed by atoms with van der Waals surface area (Å²) in [5, 5.41) is 3.57. The summed E-state index contributed by atoms with van der Waals surface area (Å²) in [6, 6.07) is 0. The van der Waals surface area contributed by atoms with E-state index in [4.69, 9.17) is 0 Å². The molecular formula is C7H10N2O3. The Labute approximate surface area is 69.8 Å². The molecule has 2 unspecified atom stereocenters. The molecule has 12 heavy (non-hydrogen) atoms. The minimum absolute atomic E-state index is 0.203. The molecule has 1 rings (SSSR count). The number of carbonyl (C=O) groups is 2. The molecule has 0 aromatic carbocycles. The van der Waals surface area contributed by atoms with Gasteiger partial charge in [-0.3, -0.25) is 9.59 Å². The molecule has 0 bridgehead atoms. The second-order valence-electron chi connectivity index (χ2n) is 2.61. The quantitative estimate of drug-likeness (QED) is 0.427. The van der Waals surface area contributed by atoms with E-state index in [2.05, 4.69) is 15.3 Å². The Morgan fingerprint density at radius 1 is 1.75 bits per heavy atom. The van der Waals surface area contributed by atoms with Crippen LogP contribution in [0.2, 0.25) is 0 Å². The van der Waals surface area contributed by atoms with Crippen LogP contribution >= 0.6 is 0 Å². The van der Waals surface area contributed by atoms with E-state index in [1.807, 2.05) is 0 Å². The van der Waals surface area contributed by atoms with E-state index in [-0.39, 0.29) is 5.92 Å². The molecule has 5 heteroatoms. The summed E-state index contributed by atoms with van der Waals surface area (Å²) in [7, 11) is 1.26. The van der Waals surface area contributed by atoms with Crippen LogP contribution in [0.3, 0.4) is 0 Å². The number of methoxy groups -OCH3 is 1. The van der Waals surface area contributed by atoms with Gasteiger partial charge in [-0.25, -0.2) is 5.43 Å². The fourth-order valence-electron chi connectivity index (χ4n) is 1.06. The van der Waals surface area contributed by atoms with Crippen LogP contribution in [0.4, 0.5) is 0 Å². The zero-order chi connectivity index (χ0) is 9.14. The van der Waals surface area contributed by atoms with Crippen molar-refractivity contribution >= 4 is 18.1 Å². The number of amides is 1. The van der Waals surface area contributed by atoms with Gasteiger partial charge in [-0.15, -0.1) is 0 Å². The van der Waals surface area contributed by atoms with Gasteiger partial charge in [-0.05, 0) is 0 Å². The van der Waals surface area contributed by atoms with Crippen LogP contribution in [0, 0.1) is 11.8 Å². The lowest BCUT2D eigenvalue weighted by atomic mass is 9.93. The molecule has 1 heterocycles. The lowest BCUT2D eigenvalue weighted by Crippen LogP contribution is -2.41. The fraction of sp³-hybridized carbons (Fsp3) is 0.571. The lowest BCUT2D eigenvalue weighted by molar-refractivity contribution is -0.151. The number of carbonyl (C=O) groups excluding carboxylic acids is 2. The molecule has 0 aliphatic carbocycles. The van der Waals surface area contributed by atoms with Gasteiger partial charge in [0.1, 0.15) is 5.92 Å². The Kier molecular flexibility index (Phi) is 2.42. The average Bonchev–Trinajstić information content (AvgIpc) is 2.03. The fourth-order valence-corrected chi connectivity index (χ4v) is 1.06. The first-order valence-electron chi connectivity index (χ1n) is 3.57. The van der Waals surface area contributed by atoms with Crippen molar-refractivity contribution in [2.45, 2.75) is 6.92 Å². The Balaban J connectivity index is 2.79. The highest BCUT2D eigenvalue weighted by Gasteiger charge is 2.34. The van der Waals surface area contributed by atoms with Gasteiger partial charge >= 0.3 is 5.97 Å². The van der Waals surface area contributed by atoms with E-state index < -0.39 is 17.8 Å². The van der Waals surface area contributed by atoms with Crippen molar-refractivity contribution in [3.63, 3.8) is 0 Å². The van der Waals surface area contributed by atoms with Crippen molar-refractivity contribution in [3.05, 3.63) is 0 Å². The Morgan fingerprint density at radius 3 is 2.92 bits per heavy atom. The number of esters is 1. The third-order valence-electron chi connectivity index (χ3n) is 1.75. The summed E-state index contributed by atoms with van der Waals surface area (Å²) in [4.78, 5) is 22.1. The summed E-state index contributed by atoms with van der Waals surface area (Å²) in [6.07, 6.45) is 1.52. The van der Waals surface area contributed by atoms with Gasteiger partial charge in [0.2, 0.25) is 0 Å². The van der Waals surface area contributed by atoms with Crippen molar-refractivity contribution in [3.8, 4) is 0 Å². The first kappa shape index (κ1) is 8.70. The van der Waals surface area contributed by atoms with Crippen LogP contribution in [-0.2, 0) is 14.3 Å². The molecule has 1 amide bonds. The maximum atomic E-state index is 11.1. The maximum Gasteiger partial charge on any atom is 0.318 e. The van der Waals surface area contributed by atoms with Crippen LogP contribution in [0.1, 0.15) is 6.92 Å². The number of hydrazone groups is 1. The first-order valence-corrected chi connectivity index (χ1v) is 3.57. The van der Waals surface area contributed by atoms with Gasteiger partial charge < -0.3 is 4.74 Å². The van der Waals surface area contributed by atoms with E-state index in [9.17, 15) is 9.59 Å². The van der Waals surface area contributed by atoms with Crippen molar-refractivity contribution < 1.29 is 14.3 Å². The zero-order valence-electron chi connectivity index (χ0n) is 6.90. The normalized spacial score (nSPS) is 28.0. The first-order chi connectivity index (χ1) is 5.66. The second kappa shape index (κ2) is 3.34. The average molecular weight is 170 g/mol. The zero-order valence-corrected chi connectivity index (χ0v) is 6.90. The number of nitrogens with zero attached hydrogens (tertiary/aromatic N) is 1. The number of rotatable bonds is 1. The summed E-state index contributed by atoms with van der Waals surface area (Å²) >= 11 is 0. The molecule has 0 fully saturated rings. The number of nitrogens with one attached hydrogen (secondary N) is 1. The van der Waals surface area contributed by atoms with Gasteiger partial charge in [-0.2, -0.15) is 5.10 Å². The molecule has 0 radical (unpaired) electrons. The van der Waals surface area contributed by atoms with Gasteiger partial charge in [0, 0.05) is 12.1 Å². The maximum absolute atomic E-state index is 11.1. The molecule has 1 N–H and O–H groups in total. The Bertz CT molecular complexity index is 237. The SMILES string of the molecule is COC(=O)C1C(=O)NN=CC1C. The molecule has 66 valence electrons. The predicted octanol–water partition coefficient (Wildman–Crippen LogP) is -0.473. The predicted molar refractivity (Wildman–Crippen MR) is 41.3 cm³/mol. The molecule has 0 saturated carbocycles. The summed E-state index contributed by atoms with van der Waals surface area (Å²) in [5.74, 6) is -1.89. The smallest absolute Gasteiger partial charge is 0.318 e. The van der Waals surface area contributed by atoms with Gasteiger partial charge in [0.25, 0.3) is 5.91 Å². The molecule has 0 spiro atoms. The second-order valence-corrected chi connectivity index (χ2v) is 2.61. The molecule has 1 aliphatic rings. The van der Waals surface area contributed by atoms with E-state index >= 15 is 0 Å². The van der Waals surface area contributed by atoms with Crippen LogP contribution in [0.5, 0.6) is 0 Å². The highest BCUT2D eigenvalue weighted by atomic mass is 16.5. The van der Waals surface area contributed by atoms with Crippen LogP contribution < -0.4 is 5.43 Å². The largest absolute Gasteiger partial charge is 0.468 e. The standard InChI is InChI=1S/C7H10N2O3/c1-4-3-8-9-6(10)5(4)7(11)12-2/h3-5H,1-2H3,(H,9,10). The van der Waals surface area contributed by atoms with Crippen molar-refractivity contribution in [1.82, 2.24) is 5.43 Å². The molecule has 2 atom stereocenters. The molecule has 1 aliphatic heterocycles. The van der Waals surface area contributed by atoms with E-state index in [0.717, 1.165) is 0 Å². The topological polar surface area (TPSA) is 67.8 Å². The van der Waals surface area contributed by atoms with Crippen LogP contribution in [-0.4, -0.2) is 25.2 Å². The van der Waals surface area contributed by atoms with Crippen molar-refractivity contribution in [2.24, 2.45) is 16.9 Å². The number of ether oxygens (including phenoxy) is 1. The van der Waals surface area contributed by atoms with E-state index in [1.54, 1.807) is 6.92 Å². The number of hydrogen-bond acceptors (Lipinski definition) is 4. The Hall–Kier alpha value is -1.39. The molecule has 0 saturated heterocycles. The molecule has 5 nitrogen and oxygen atoms in total. The van der Waals surface area contributed by atoms with Crippen molar-refractivity contribution in [1.29, 1.82) is 0 Å². The van der Waals surface area contributed by atoms with Crippen LogP contribution in [0.25, 0.3) is 0 Å². The third-order valence-corrected chi connectivity index (χ3v) is 1.75. The monoisotopic (exact) mass is 170 g/mol. The summed E-state index contributed by atoms with van der Waals surface area (Å²) < 4.78 is 4.47. The minimum Gasteiger partial charge on any atom is -0.468 e. The van der Waals surface area contributed by atoms with E-state index in [1.165, 1.54) is 13.3 Å². The van der Waals surface area contributed by atoms with Crippen molar-refractivity contribution in [2.75, 3.05) is 7.11 Å². The van der Waals surface area contributed by atoms with Gasteiger partial charge in [0.05, 0.1) is 7.11 Å². The highest BCUT2D eigenvalue weighted by molar-refractivity contribution is 6.01. The third kappa shape index (κ3) is 1.44. The minimum atomic E-state index is -0.757. The molecular weight excluding hydrogens is 160 g/mol. The Morgan fingerprint density at radius 2 is 2.42 bits per heavy atom. The summed E-state index contributed by atoms with van der Waals surface area (Å²) in [6.45, 7) is 1.74. The van der Waals surface area contributed by atoms with E-state index in [0.29, 0.717) is 0 Å².